The SMILES string of the molecule is Cc1ccnc(-c2cc(C(=O)NC[C@H]3O[C@@H]4O[C@H]5[C@H](O)[C@@H](O)[C@@H](O[C@H]6[C@H](O)[C@@H](O)[C@@H](O[C@H]7[C@H](O)[C@@H](O)[C@@H](O[C@H]8[C@H](O)[C@@H](O)[C@@H](O[C@H]9[C@H](O)C(O)[C@@H](O[C@H]%10[C@H](O)C(O)[C@@H](O[C@H]3[C@H](O)[C@H]4O)O[C@@H]%10CO)O[C@@H]9CO)O[C@@H]8CO)O[C@@H]7CO)O[C@@H]6CO)O[C@@H]5CO)ccn2)c1. The first-order chi connectivity index (χ1) is 43.9. The van der Waals surface area contributed by atoms with Gasteiger partial charge in [0.05, 0.1) is 51.0 Å². The predicted molar refractivity (Wildman–Crippen MR) is 286 cm³/mol. The van der Waals surface area contributed by atoms with E-state index in [1.165, 1.54) is 24.5 Å². The molecule has 23 rings (SSSR count). The van der Waals surface area contributed by atoms with Crippen molar-refractivity contribution in [3.63, 3.8) is 0 Å². The number of carbonyl (C=O) groups excluding carboxylic acids is 1. The van der Waals surface area contributed by atoms with Crippen molar-refractivity contribution < 1.29 is 173 Å². The van der Waals surface area contributed by atoms with E-state index < -0.39 is 267 Å². The largest absolute Gasteiger partial charge is 0.394 e. The second-order valence-corrected chi connectivity index (χ2v) is 23.3. The number of aryl methyl sites for hydroxylation is 1. The van der Waals surface area contributed by atoms with Crippen LogP contribution < -0.4 is 5.32 Å². The quantitative estimate of drug-likeness (QED) is 0.105. The number of rotatable bonds is 10. The normalized spacial score (nSPS) is 48.1. The van der Waals surface area contributed by atoms with Gasteiger partial charge in [0.2, 0.25) is 0 Å². The highest BCUT2D eigenvalue weighted by Gasteiger charge is 2.60. The van der Waals surface area contributed by atoms with Crippen molar-refractivity contribution >= 4 is 5.91 Å². The van der Waals surface area contributed by atoms with Crippen LogP contribution in [-0.4, -0.2) is 379 Å². The van der Waals surface area contributed by atoms with E-state index in [1.54, 1.807) is 12.1 Å². The van der Waals surface area contributed by atoms with Gasteiger partial charge in [0, 0.05) is 24.5 Å². The highest BCUT2D eigenvalue weighted by Crippen LogP contribution is 2.39. The number of hydrogen-bond donors (Lipinski definition) is 21. The average Bonchev–Trinajstić information content (AvgIpc) is 0.797. The van der Waals surface area contributed by atoms with E-state index in [0.29, 0.717) is 5.69 Å². The summed E-state index contributed by atoms with van der Waals surface area (Å²) in [5, 5.41) is 227. The number of aliphatic hydroxyl groups is 20. The van der Waals surface area contributed by atoms with Gasteiger partial charge in [-0.15, -0.1) is 0 Å². The Bertz CT molecular complexity index is 2690. The van der Waals surface area contributed by atoms with Gasteiger partial charge in [0.25, 0.3) is 5.91 Å². The third kappa shape index (κ3) is 14.4. The second-order valence-electron chi connectivity index (χ2n) is 23.3. The van der Waals surface area contributed by atoms with Gasteiger partial charge in [-0.3, -0.25) is 14.8 Å². The summed E-state index contributed by atoms with van der Waals surface area (Å²) in [4.78, 5) is 22.5. The summed E-state index contributed by atoms with van der Waals surface area (Å²) < 4.78 is 81.4. The van der Waals surface area contributed by atoms with Crippen LogP contribution in [0.15, 0.2) is 36.7 Å². The lowest BCUT2D eigenvalue weighted by atomic mass is 9.95. The molecule has 21 saturated heterocycles. The van der Waals surface area contributed by atoms with Crippen LogP contribution >= 0.6 is 0 Å². The van der Waals surface area contributed by atoms with Crippen LogP contribution in [0.25, 0.3) is 11.4 Å². The van der Waals surface area contributed by atoms with Crippen LogP contribution in [0.5, 0.6) is 0 Å². The first kappa shape index (κ1) is 71.2. The third-order valence-corrected chi connectivity index (χ3v) is 17.3. The summed E-state index contributed by atoms with van der Waals surface area (Å²) >= 11 is 0. The molecule has 0 saturated carbocycles. The molecule has 21 fully saturated rings. The lowest BCUT2D eigenvalue weighted by Crippen LogP contribution is -2.68. The van der Waals surface area contributed by atoms with Crippen molar-refractivity contribution in [1.82, 2.24) is 15.3 Å². The summed E-state index contributed by atoms with van der Waals surface area (Å²) in [6.07, 6.45) is -68.9. The van der Waals surface area contributed by atoms with E-state index in [9.17, 15) is 107 Å². The third-order valence-electron chi connectivity index (χ3n) is 17.3. The van der Waals surface area contributed by atoms with Crippen LogP contribution in [-0.2, 0) is 66.3 Å². The highest BCUT2D eigenvalue weighted by molar-refractivity contribution is 5.95. The molecule has 2 aromatic heterocycles. The van der Waals surface area contributed by atoms with Gasteiger partial charge in [0.15, 0.2) is 44.0 Å². The maximum atomic E-state index is 13.9. The van der Waals surface area contributed by atoms with Crippen LogP contribution in [0.1, 0.15) is 15.9 Å². The van der Waals surface area contributed by atoms with Crippen molar-refractivity contribution in [2.45, 2.75) is 222 Å². The molecule has 21 N–H and O–H groups in total. The summed E-state index contributed by atoms with van der Waals surface area (Å²) in [6, 6.07) is 6.21. The van der Waals surface area contributed by atoms with Gasteiger partial charge in [-0.05, 0) is 36.8 Å². The fourth-order valence-electron chi connectivity index (χ4n) is 12.1. The molecule has 0 radical (unpaired) electrons. The average molecular weight is 1330 g/mol. The zero-order valence-electron chi connectivity index (χ0n) is 48.6. The Labute approximate surface area is 520 Å². The molecule has 23 heterocycles. The maximum Gasteiger partial charge on any atom is 0.251 e. The van der Waals surface area contributed by atoms with Crippen LogP contribution in [0, 0.1) is 6.92 Å². The highest BCUT2D eigenvalue weighted by atomic mass is 16.8. The molecular formula is C54H79N3O35. The number of aromatic nitrogens is 2. The number of aliphatic hydroxyl groups excluding tert-OH is 20. The molecule has 14 bridgehead atoms. The Kier molecular flexibility index (Phi) is 23.6. The zero-order chi connectivity index (χ0) is 66.3. The van der Waals surface area contributed by atoms with Gasteiger partial charge in [0.1, 0.15) is 171 Å². The van der Waals surface area contributed by atoms with E-state index in [1.807, 2.05) is 6.92 Å². The smallest absolute Gasteiger partial charge is 0.251 e. The molecule has 0 aliphatic carbocycles. The van der Waals surface area contributed by atoms with Crippen molar-refractivity contribution in [2.24, 2.45) is 0 Å². The number of pyridine rings is 2. The molecule has 2 unspecified atom stereocenters. The fourth-order valence-corrected chi connectivity index (χ4v) is 12.1. The second kappa shape index (κ2) is 30.4. The number of nitrogens with zero attached hydrogens (tertiary/aromatic N) is 2. The van der Waals surface area contributed by atoms with Crippen LogP contribution in [0.2, 0.25) is 0 Å². The van der Waals surface area contributed by atoms with Gasteiger partial charge in [-0.1, -0.05) is 0 Å². The lowest BCUT2D eigenvalue weighted by Gasteiger charge is -2.50. The van der Waals surface area contributed by atoms with Crippen LogP contribution in [0.3, 0.4) is 0 Å². The van der Waals surface area contributed by atoms with Crippen LogP contribution in [0.4, 0.5) is 0 Å². The summed E-state index contributed by atoms with van der Waals surface area (Å²) in [5.41, 5.74) is 1.55. The zero-order valence-corrected chi connectivity index (χ0v) is 48.6. The monoisotopic (exact) mass is 1330 g/mol. The number of amides is 1. The topological polar surface area (TPSA) is 589 Å². The standard InChI is InChI=1S/C54H79N3O35/c1-15-2-4-55-17(6-15)18-7-16(3-5-56-18)47(78)57-8-19-40-26(64)33(71)48(79-19)87-41-20(9-58)81-50(35(73)28(41)66)89-43-22(11-60)83-52(37(75)30(43)68)91-45-24(13-62)85-54(39(77)32(45)70)92-46-25(14-63)84-53(38(76)31(46)69)90-44-23(12-61)82-51(36(74)29(44)67)88-42-21(10-59)80-49(86-40)34(72)27(42)65/h2-7,19-46,48-54,58-77H,8-14H2,1H3,(H,57,78)/t19-,20-,21-,22-,23-,24-,25-,26-,27-,28-,29-,30-,31-,32-,33-,34?,35-,36?,37-,38-,39-,40-,41-,42-,43-,44-,45-,46-,48-,49-,50-,51-,52-,53-,54-/m1/s1. The Balaban J connectivity index is 0.949. The first-order valence-corrected chi connectivity index (χ1v) is 29.5. The van der Waals surface area contributed by atoms with Gasteiger partial charge < -0.3 is 174 Å². The minimum Gasteiger partial charge on any atom is -0.394 e. The molecule has 38 heteroatoms. The van der Waals surface area contributed by atoms with Gasteiger partial charge in [-0.2, -0.15) is 0 Å². The van der Waals surface area contributed by atoms with Gasteiger partial charge in [-0.25, -0.2) is 0 Å². The Morgan fingerprint density at radius 2 is 0.565 bits per heavy atom. The fraction of sp³-hybridized carbons (Fsp3) is 0.796. The molecule has 1 amide bonds. The Morgan fingerprint density at radius 1 is 0.337 bits per heavy atom. The summed E-state index contributed by atoms with van der Waals surface area (Å²) in [7, 11) is 0. The van der Waals surface area contributed by atoms with Crippen molar-refractivity contribution in [2.75, 3.05) is 46.2 Å². The summed E-state index contributed by atoms with van der Waals surface area (Å²) in [5.74, 6) is -0.795. The van der Waals surface area contributed by atoms with E-state index in [0.717, 1.165) is 5.56 Å². The number of hydrogen-bond acceptors (Lipinski definition) is 37. The predicted octanol–water partition coefficient (Wildman–Crippen LogP) is -13.0. The molecule has 520 valence electrons. The molecule has 35 atom stereocenters. The minimum absolute atomic E-state index is 0.0178. The van der Waals surface area contributed by atoms with E-state index in [-0.39, 0.29) is 11.3 Å². The van der Waals surface area contributed by atoms with E-state index in [4.69, 9.17) is 66.3 Å². The van der Waals surface area contributed by atoms with Crippen molar-refractivity contribution in [1.29, 1.82) is 0 Å². The van der Waals surface area contributed by atoms with Crippen molar-refractivity contribution in [3.05, 3.63) is 47.8 Å². The molecule has 38 nitrogen and oxygen atoms in total. The van der Waals surface area contributed by atoms with Gasteiger partial charge >= 0.3 is 0 Å². The molecule has 2 aromatic rings. The molecule has 21 aliphatic rings. The number of nitrogens with one attached hydrogen (secondary N) is 1. The summed E-state index contributed by atoms with van der Waals surface area (Å²) in [6.45, 7) is -5.31. The Hall–Kier alpha value is -3.59. The number of ether oxygens (including phenoxy) is 14. The number of carbonyl (C=O) groups is 1. The maximum absolute atomic E-state index is 13.9. The van der Waals surface area contributed by atoms with Crippen molar-refractivity contribution in [3.8, 4) is 11.4 Å². The minimum atomic E-state index is -2.28. The van der Waals surface area contributed by atoms with E-state index >= 15 is 0 Å². The van der Waals surface area contributed by atoms with E-state index in [2.05, 4.69) is 15.3 Å². The lowest BCUT2D eigenvalue weighted by molar-refractivity contribution is -0.396. The molecular weight excluding hydrogens is 1250 g/mol. The molecule has 21 aliphatic heterocycles. The Morgan fingerprint density at radius 3 is 0.815 bits per heavy atom. The molecule has 0 spiro atoms. The first-order valence-electron chi connectivity index (χ1n) is 29.5. The molecule has 0 aromatic carbocycles. The molecule has 92 heavy (non-hydrogen) atoms.